The Morgan fingerprint density at radius 1 is 1.27 bits per heavy atom. The van der Waals surface area contributed by atoms with Gasteiger partial charge in [-0.2, -0.15) is 4.31 Å². The van der Waals surface area contributed by atoms with Gasteiger partial charge in [0, 0.05) is 48.9 Å². The summed E-state index contributed by atoms with van der Waals surface area (Å²) >= 11 is 5.82. The standard InChI is InChI=1S/C17H21ClN4O3S/c18-14-1-3-16(4-2-14)26(24,25)22-9-6-13(7-10-22)17(23)20-8-5-15-11-19-12-21-15/h1-4,11-13H,5-10H2,(H,19,21)(H,20,23). The van der Waals surface area contributed by atoms with Gasteiger partial charge in [0.15, 0.2) is 0 Å². The van der Waals surface area contributed by atoms with E-state index in [4.69, 9.17) is 11.6 Å². The maximum Gasteiger partial charge on any atom is 0.243 e. The molecule has 26 heavy (non-hydrogen) atoms. The van der Waals surface area contributed by atoms with E-state index < -0.39 is 10.0 Å². The normalized spacial score (nSPS) is 16.5. The molecule has 1 amide bonds. The van der Waals surface area contributed by atoms with Gasteiger partial charge in [0.25, 0.3) is 0 Å². The van der Waals surface area contributed by atoms with Crippen molar-refractivity contribution in [2.24, 2.45) is 5.92 Å². The lowest BCUT2D eigenvalue weighted by molar-refractivity contribution is -0.126. The van der Waals surface area contributed by atoms with Crippen LogP contribution >= 0.6 is 11.6 Å². The third-order valence-electron chi connectivity index (χ3n) is 4.52. The number of nitrogens with zero attached hydrogens (tertiary/aromatic N) is 2. The average molecular weight is 397 g/mol. The number of benzene rings is 1. The summed E-state index contributed by atoms with van der Waals surface area (Å²) in [7, 11) is -3.54. The summed E-state index contributed by atoms with van der Waals surface area (Å²) in [4.78, 5) is 19.4. The van der Waals surface area contributed by atoms with Gasteiger partial charge in [0.2, 0.25) is 15.9 Å². The fourth-order valence-corrected chi connectivity index (χ4v) is 4.60. The monoisotopic (exact) mass is 396 g/mol. The van der Waals surface area contributed by atoms with Crippen LogP contribution in [-0.2, 0) is 21.2 Å². The number of aromatic amines is 1. The molecule has 0 radical (unpaired) electrons. The Morgan fingerprint density at radius 2 is 1.96 bits per heavy atom. The molecule has 7 nitrogen and oxygen atoms in total. The summed E-state index contributed by atoms with van der Waals surface area (Å²) in [5.41, 5.74) is 0.967. The maximum absolute atomic E-state index is 12.7. The fourth-order valence-electron chi connectivity index (χ4n) is 3.00. The molecule has 2 aromatic rings. The van der Waals surface area contributed by atoms with Crippen LogP contribution < -0.4 is 5.32 Å². The molecule has 0 atom stereocenters. The van der Waals surface area contributed by atoms with Crippen LogP contribution in [0.2, 0.25) is 5.02 Å². The minimum atomic E-state index is -3.54. The molecule has 140 valence electrons. The second-order valence-electron chi connectivity index (χ2n) is 6.25. The van der Waals surface area contributed by atoms with Crippen LogP contribution in [-0.4, -0.2) is 48.2 Å². The van der Waals surface area contributed by atoms with Crippen molar-refractivity contribution < 1.29 is 13.2 Å². The molecule has 1 aromatic carbocycles. The number of sulfonamides is 1. The number of nitrogens with one attached hydrogen (secondary N) is 2. The molecule has 0 bridgehead atoms. The van der Waals surface area contributed by atoms with Crippen molar-refractivity contribution >= 4 is 27.5 Å². The molecule has 1 fully saturated rings. The Labute approximate surface area is 157 Å². The Kier molecular flexibility index (Phi) is 5.95. The van der Waals surface area contributed by atoms with E-state index >= 15 is 0 Å². The predicted molar refractivity (Wildman–Crippen MR) is 98.2 cm³/mol. The first-order chi connectivity index (χ1) is 12.5. The summed E-state index contributed by atoms with van der Waals surface area (Å²) in [6, 6.07) is 6.14. The van der Waals surface area contributed by atoms with Crippen molar-refractivity contribution in [3.8, 4) is 0 Å². The quantitative estimate of drug-likeness (QED) is 0.778. The van der Waals surface area contributed by atoms with E-state index in [1.165, 1.54) is 16.4 Å². The Balaban J connectivity index is 1.50. The molecule has 0 spiro atoms. The zero-order valence-electron chi connectivity index (χ0n) is 14.2. The molecule has 2 N–H and O–H groups in total. The van der Waals surface area contributed by atoms with E-state index in [0.717, 1.165) is 5.69 Å². The number of imidazole rings is 1. The van der Waals surface area contributed by atoms with Gasteiger partial charge in [-0.1, -0.05) is 11.6 Å². The molecule has 1 aliphatic rings. The molecule has 1 aromatic heterocycles. The molecule has 0 aliphatic carbocycles. The maximum atomic E-state index is 12.7. The average Bonchev–Trinajstić information content (AvgIpc) is 3.15. The van der Waals surface area contributed by atoms with Gasteiger partial charge in [-0.3, -0.25) is 4.79 Å². The molecular weight excluding hydrogens is 376 g/mol. The van der Waals surface area contributed by atoms with Gasteiger partial charge in [0.05, 0.1) is 11.2 Å². The first kappa shape index (κ1) is 18.9. The molecule has 0 unspecified atom stereocenters. The van der Waals surface area contributed by atoms with E-state index in [0.29, 0.717) is 43.9 Å². The molecular formula is C17H21ClN4O3S. The van der Waals surface area contributed by atoms with Crippen molar-refractivity contribution in [2.75, 3.05) is 19.6 Å². The minimum absolute atomic E-state index is 0.0203. The SMILES string of the molecule is O=C(NCCc1cnc[nH]1)C1CCN(S(=O)(=O)c2ccc(Cl)cc2)CC1. The third-order valence-corrected chi connectivity index (χ3v) is 6.69. The number of rotatable bonds is 6. The summed E-state index contributed by atoms with van der Waals surface area (Å²) in [5.74, 6) is -0.179. The van der Waals surface area contributed by atoms with Gasteiger partial charge in [-0.25, -0.2) is 13.4 Å². The van der Waals surface area contributed by atoms with Crippen LogP contribution in [0, 0.1) is 5.92 Å². The number of hydrogen-bond donors (Lipinski definition) is 2. The second-order valence-corrected chi connectivity index (χ2v) is 8.62. The van der Waals surface area contributed by atoms with Crippen molar-refractivity contribution in [3.63, 3.8) is 0 Å². The lowest BCUT2D eigenvalue weighted by Crippen LogP contribution is -2.43. The number of H-pyrrole nitrogens is 1. The number of carbonyl (C=O) groups is 1. The molecule has 1 aliphatic heterocycles. The Morgan fingerprint density at radius 3 is 2.58 bits per heavy atom. The summed E-state index contributed by atoms with van der Waals surface area (Å²) in [5, 5.41) is 3.41. The second kappa shape index (κ2) is 8.20. The number of aromatic nitrogens is 2. The van der Waals surface area contributed by atoms with Crippen molar-refractivity contribution in [3.05, 3.63) is 47.5 Å². The fraction of sp³-hybridized carbons (Fsp3) is 0.412. The Bertz CT molecular complexity index is 829. The summed E-state index contributed by atoms with van der Waals surface area (Å²) < 4.78 is 26.7. The van der Waals surface area contributed by atoms with Crippen LogP contribution in [0.3, 0.4) is 0 Å². The lowest BCUT2D eigenvalue weighted by Gasteiger charge is -2.30. The zero-order chi connectivity index (χ0) is 18.6. The van der Waals surface area contributed by atoms with Gasteiger partial charge < -0.3 is 10.3 Å². The van der Waals surface area contributed by atoms with Crippen molar-refractivity contribution in [2.45, 2.75) is 24.2 Å². The first-order valence-corrected chi connectivity index (χ1v) is 10.3. The highest BCUT2D eigenvalue weighted by molar-refractivity contribution is 7.89. The largest absolute Gasteiger partial charge is 0.355 e. The van der Waals surface area contributed by atoms with Crippen LogP contribution in [0.5, 0.6) is 0 Å². The highest BCUT2D eigenvalue weighted by Crippen LogP contribution is 2.24. The third kappa shape index (κ3) is 4.44. The number of halogens is 1. The topological polar surface area (TPSA) is 95.2 Å². The van der Waals surface area contributed by atoms with E-state index in [1.807, 2.05) is 0 Å². The zero-order valence-corrected chi connectivity index (χ0v) is 15.8. The first-order valence-electron chi connectivity index (χ1n) is 8.47. The summed E-state index contributed by atoms with van der Waals surface area (Å²) in [6.07, 6.45) is 5.06. The number of piperidine rings is 1. The van der Waals surface area contributed by atoms with Crippen LogP contribution in [0.4, 0.5) is 0 Å². The molecule has 1 saturated heterocycles. The molecule has 3 rings (SSSR count). The summed E-state index contributed by atoms with van der Waals surface area (Å²) in [6.45, 7) is 1.21. The number of carbonyl (C=O) groups excluding carboxylic acids is 1. The van der Waals surface area contributed by atoms with Crippen molar-refractivity contribution in [1.29, 1.82) is 0 Å². The highest BCUT2D eigenvalue weighted by Gasteiger charge is 2.31. The highest BCUT2D eigenvalue weighted by atomic mass is 35.5. The lowest BCUT2D eigenvalue weighted by atomic mass is 9.97. The van der Waals surface area contributed by atoms with Gasteiger partial charge in [0.1, 0.15) is 0 Å². The van der Waals surface area contributed by atoms with E-state index in [-0.39, 0.29) is 16.7 Å². The predicted octanol–water partition coefficient (Wildman–Crippen LogP) is 1.82. The molecule has 9 heteroatoms. The number of amides is 1. The smallest absolute Gasteiger partial charge is 0.243 e. The molecule has 2 heterocycles. The van der Waals surface area contributed by atoms with Crippen LogP contribution in [0.15, 0.2) is 41.7 Å². The van der Waals surface area contributed by atoms with Gasteiger partial charge in [-0.05, 0) is 37.1 Å². The van der Waals surface area contributed by atoms with E-state index in [2.05, 4.69) is 15.3 Å². The van der Waals surface area contributed by atoms with Crippen LogP contribution in [0.25, 0.3) is 0 Å². The van der Waals surface area contributed by atoms with Gasteiger partial charge >= 0.3 is 0 Å². The van der Waals surface area contributed by atoms with Crippen molar-refractivity contribution in [1.82, 2.24) is 19.6 Å². The minimum Gasteiger partial charge on any atom is -0.355 e. The number of hydrogen-bond acceptors (Lipinski definition) is 4. The Hall–Kier alpha value is -1.90. The van der Waals surface area contributed by atoms with Gasteiger partial charge in [-0.15, -0.1) is 0 Å². The van der Waals surface area contributed by atoms with Crippen LogP contribution in [0.1, 0.15) is 18.5 Å². The van der Waals surface area contributed by atoms with E-state index in [1.54, 1.807) is 24.7 Å². The molecule has 0 saturated carbocycles. The van der Waals surface area contributed by atoms with E-state index in [9.17, 15) is 13.2 Å².